The molecule has 158 valence electrons. The summed E-state index contributed by atoms with van der Waals surface area (Å²) < 4.78 is 11.2. The average molecular weight is 392 g/mol. The molecule has 2 N–H and O–H groups in total. The Morgan fingerprint density at radius 3 is 2.54 bits per heavy atom. The van der Waals surface area contributed by atoms with E-state index in [1.54, 1.807) is 6.26 Å². The number of nitrogens with zero attached hydrogens (tertiary/aromatic N) is 3. The van der Waals surface area contributed by atoms with Crippen LogP contribution >= 0.6 is 0 Å². The van der Waals surface area contributed by atoms with Crippen LogP contribution in [0.25, 0.3) is 0 Å². The quantitative estimate of drug-likeness (QED) is 0.522. The van der Waals surface area contributed by atoms with Crippen molar-refractivity contribution in [3.63, 3.8) is 0 Å². The first-order valence-electron chi connectivity index (χ1n) is 10.8. The number of hydrogen-bond acceptors (Lipinski definition) is 5. The van der Waals surface area contributed by atoms with E-state index in [9.17, 15) is 0 Å². The summed E-state index contributed by atoms with van der Waals surface area (Å²) in [4.78, 5) is 9.43. The van der Waals surface area contributed by atoms with Gasteiger partial charge in [-0.15, -0.1) is 0 Å². The molecule has 3 rings (SSSR count). The Morgan fingerprint density at radius 1 is 1.11 bits per heavy atom. The summed E-state index contributed by atoms with van der Waals surface area (Å²) in [6.07, 6.45) is 5.64. The number of piperidine rings is 1. The maximum Gasteiger partial charge on any atom is 0.191 e. The number of rotatable bonds is 8. The number of ether oxygens (including phenoxy) is 1. The van der Waals surface area contributed by atoms with Gasteiger partial charge in [0.15, 0.2) is 5.96 Å². The van der Waals surface area contributed by atoms with Crippen molar-refractivity contribution in [1.29, 1.82) is 0 Å². The lowest BCUT2D eigenvalue weighted by molar-refractivity contribution is 0.0320. The molecule has 3 heterocycles. The first kappa shape index (κ1) is 21.1. The van der Waals surface area contributed by atoms with Gasteiger partial charge in [-0.05, 0) is 44.0 Å². The van der Waals surface area contributed by atoms with Gasteiger partial charge in [-0.1, -0.05) is 13.3 Å². The van der Waals surface area contributed by atoms with E-state index >= 15 is 0 Å². The highest BCUT2D eigenvalue weighted by atomic mass is 16.5. The summed E-state index contributed by atoms with van der Waals surface area (Å²) >= 11 is 0. The third-order valence-electron chi connectivity index (χ3n) is 5.68. The zero-order valence-corrected chi connectivity index (χ0v) is 17.5. The Morgan fingerprint density at radius 2 is 1.86 bits per heavy atom. The predicted molar refractivity (Wildman–Crippen MR) is 113 cm³/mol. The van der Waals surface area contributed by atoms with Gasteiger partial charge in [-0.2, -0.15) is 0 Å². The molecular weight excluding hydrogens is 354 g/mol. The molecule has 2 unspecified atom stereocenters. The molecule has 0 saturated carbocycles. The Labute approximate surface area is 169 Å². The van der Waals surface area contributed by atoms with E-state index in [0.717, 1.165) is 70.7 Å². The van der Waals surface area contributed by atoms with Crippen LogP contribution in [0.5, 0.6) is 0 Å². The van der Waals surface area contributed by atoms with Gasteiger partial charge in [-0.3, -0.25) is 14.8 Å². The molecule has 2 atom stereocenters. The van der Waals surface area contributed by atoms with Crippen molar-refractivity contribution in [1.82, 2.24) is 20.4 Å². The fraction of sp³-hybridized carbons (Fsp3) is 0.762. The predicted octanol–water partition coefficient (Wildman–Crippen LogP) is 1.94. The Balaban J connectivity index is 1.45. The zero-order chi connectivity index (χ0) is 19.6. The van der Waals surface area contributed by atoms with Crippen LogP contribution in [0.4, 0.5) is 0 Å². The standard InChI is InChI=1S/C21H37N5O2/c1-18(17-25-10-13-27-14-11-25)15-23-21(22-2)24-16-19(20-7-6-12-28-20)26-8-4-3-5-9-26/h6-7,12,18-19H,3-5,8-11,13-17H2,1-2H3,(H2,22,23,24). The van der Waals surface area contributed by atoms with Crippen molar-refractivity contribution < 1.29 is 9.15 Å². The van der Waals surface area contributed by atoms with Gasteiger partial charge in [0.2, 0.25) is 0 Å². The molecule has 2 fully saturated rings. The van der Waals surface area contributed by atoms with Crippen molar-refractivity contribution in [2.75, 3.05) is 66.1 Å². The monoisotopic (exact) mass is 391 g/mol. The molecule has 0 aliphatic carbocycles. The highest BCUT2D eigenvalue weighted by Crippen LogP contribution is 2.24. The number of aliphatic imine (C=N–C) groups is 1. The van der Waals surface area contributed by atoms with Crippen LogP contribution in [-0.2, 0) is 4.74 Å². The van der Waals surface area contributed by atoms with Gasteiger partial charge in [0.05, 0.1) is 25.5 Å². The molecule has 1 aromatic heterocycles. The SMILES string of the molecule is CN=C(NCC(C)CN1CCOCC1)NCC(c1ccco1)N1CCCCC1. The van der Waals surface area contributed by atoms with Crippen LogP contribution in [0, 0.1) is 5.92 Å². The Bertz CT molecular complexity index is 565. The van der Waals surface area contributed by atoms with E-state index < -0.39 is 0 Å². The molecule has 7 heteroatoms. The normalized spacial score (nSPS) is 22.0. The topological polar surface area (TPSA) is 65.3 Å². The molecule has 0 amide bonds. The number of hydrogen-bond donors (Lipinski definition) is 2. The number of nitrogens with one attached hydrogen (secondary N) is 2. The molecular formula is C21H37N5O2. The highest BCUT2D eigenvalue weighted by molar-refractivity contribution is 5.79. The summed E-state index contributed by atoms with van der Waals surface area (Å²) in [6, 6.07) is 4.31. The molecule has 0 spiro atoms. The number of likely N-dealkylation sites (tertiary alicyclic amines) is 1. The number of guanidine groups is 1. The lowest BCUT2D eigenvalue weighted by Gasteiger charge is -2.34. The zero-order valence-electron chi connectivity index (χ0n) is 17.5. The second-order valence-corrected chi connectivity index (χ2v) is 7.98. The maximum absolute atomic E-state index is 5.74. The van der Waals surface area contributed by atoms with Crippen LogP contribution in [0.3, 0.4) is 0 Å². The summed E-state index contributed by atoms with van der Waals surface area (Å²) in [5.74, 6) is 2.45. The summed E-state index contributed by atoms with van der Waals surface area (Å²) in [7, 11) is 1.84. The van der Waals surface area contributed by atoms with Gasteiger partial charge in [0.1, 0.15) is 5.76 Å². The minimum Gasteiger partial charge on any atom is -0.468 e. The summed E-state index contributed by atoms with van der Waals surface area (Å²) in [5.41, 5.74) is 0. The van der Waals surface area contributed by atoms with Gasteiger partial charge in [0, 0.05) is 39.8 Å². The largest absolute Gasteiger partial charge is 0.468 e. The first-order chi connectivity index (χ1) is 13.8. The fourth-order valence-corrected chi connectivity index (χ4v) is 4.09. The van der Waals surface area contributed by atoms with Crippen LogP contribution in [0.1, 0.15) is 38.0 Å². The van der Waals surface area contributed by atoms with E-state index in [4.69, 9.17) is 9.15 Å². The Hall–Kier alpha value is -1.57. The summed E-state index contributed by atoms with van der Waals surface area (Å²) in [6.45, 7) is 11.1. The van der Waals surface area contributed by atoms with E-state index in [2.05, 4.69) is 38.4 Å². The van der Waals surface area contributed by atoms with Gasteiger partial charge >= 0.3 is 0 Å². The van der Waals surface area contributed by atoms with Crippen LogP contribution in [0.15, 0.2) is 27.8 Å². The second kappa shape index (κ2) is 11.4. The number of furan rings is 1. The summed E-state index contributed by atoms with van der Waals surface area (Å²) in [5, 5.41) is 7.01. The van der Waals surface area contributed by atoms with Gasteiger partial charge in [0.25, 0.3) is 0 Å². The van der Waals surface area contributed by atoms with Gasteiger partial charge < -0.3 is 19.8 Å². The van der Waals surface area contributed by atoms with Crippen LogP contribution in [0.2, 0.25) is 0 Å². The lowest BCUT2D eigenvalue weighted by atomic mass is 10.1. The first-order valence-corrected chi connectivity index (χ1v) is 10.8. The van der Waals surface area contributed by atoms with E-state index in [0.29, 0.717) is 5.92 Å². The van der Waals surface area contributed by atoms with E-state index in [1.807, 2.05) is 13.1 Å². The highest BCUT2D eigenvalue weighted by Gasteiger charge is 2.24. The third kappa shape index (κ3) is 6.50. The van der Waals surface area contributed by atoms with Gasteiger partial charge in [-0.25, -0.2) is 0 Å². The molecule has 0 radical (unpaired) electrons. The fourth-order valence-electron chi connectivity index (χ4n) is 4.09. The smallest absolute Gasteiger partial charge is 0.191 e. The lowest BCUT2D eigenvalue weighted by Crippen LogP contribution is -2.46. The van der Waals surface area contributed by atoms with Crippen molar-refractivity contribution in [2.24, 2.45) is 10.9 Å². The van der Waals surface area contributed by atoms with Crippen LogP contribution in [-0.4, -0.2) is 81.8 Å². The minimum absolute atomic E-state index is 0.250. The third-order valence-corrected chi connectivity index (χ3v) is 5.68. The molecule has 2 aliphatic rings. The molecule has 1 aromatic rings. The Kier molecular flexibility index (Phi) is 8.64. The number of morpholine rings is 1. The molecule has 0 aromatic carbocycles. The van der Waals surface area contributed by atoms with Crippen molar-refractivity contribution in [2.45, 2.75) is 32.2 Å². The van der Waals surface area contributed by atoms with E-state index in [-0.39, 0.29) is 6.04 Å². The minimum atomic E-state index is 0.250. The van der Waals surface area contributed by atoms with E-state index in [1.165, 1.54) is 19.3 Å². The molecule has 2 saturated heterocycles. The average Bonchev–Trinajstić information content (AvgIpc) is 3.26. The molecule has 2 aliphatic heterocycles. The van der Waals surface area contributed by atoms with Crippen molar-refractivity contribution in [3.05, 3.63) is 24.2 Å². The van der Waals surface area contributed by atoms with Crippen molar-refractivity contribution in [3.8, 4) is 0 Å². The molecule has 28 heavy (non-hydrogen) atoms. The van der Waals surface area contributed by atoms with Crippen LogP contribution < -0.4 is 10.6 Å². The molecule has 7 nitrogen and oxygen atoms in total. The molecule has 0 bridgehead atoms. The second-order valence-electron chi connectivity index (χ2n) is 7.98. The maximum atomic E-state index is 5.74. The van der Waals surface area contributed by atoms with Crippen molar-refractivity contribution >= 4 is 5.96 Å².